The number of carbonyl (C=O) groups excluding carboxylic acids is 2. The van der Waals surface area contributed by atoms with E-state index in [0.29, 0.717) is 34.3 Å². The third-order valence-electron chi connectivity index (χ3n) is 6.33. The van der Waals surface area contributed by atoms with Gasteiger partial charge in [0.05, 0.1) is 11.9 Å². The lowest BCUT2D eigenvalue weighted by atomic mass is 10.0. The summed E-state index contributed by atoms with van der Waals surface area (Å²) in [6.07, 6.45) is 1.85. The summed E-state index contributed by atoms with van der Waals surface area (Å²) in [5, 5.41) is 3.50. The number of nitrogens with zero attached hydrogens (tertiary/aromatic N) is 2. The molecule has 0 aliphatic carbocycles. The van der Waals surface area contributed by atoms with Gasteiger partial charge in [-0.2, -0.15) is 0 Å². The van der Waals surface area contributed by atoms with Crippen molar-refractivity contribution in [2.45, 2.75) is 39.3 Å². The molecule has 39 heavy (non-hydrogen) atoms. The van der Waals surface area contributed by atoms with Crippen LogP contribution in [0.5, 0.6) is 0 Å². The number of halogens is 2. The average Bonchev–Trinajstić information content (AvgIpc) is 2.90. The summed E-state index contributed by atoms with van der Waals surface area (Å²) in [4.78, 5) is 28.9. The molecule has 3 aromatic carbocycles. The summed E-state index contributed by atoms with van der Waals surface area (Å²) in [6.45, 7) is 3.49. The number of likely N-dealkylation sites (N-methyl/N-ethyl adjacent to an activating group) is 1. The number of anilines is 1. The number of hydrogen-bond acceptors (Lipinski definition) is 4. The van der Waals surface area contributed by atoms with Crippen LogP contribution >= 0.6 is 23.2 Å². The van der Waals surface area contributed by atoms with Gasteiger partial charge in [0, 0.05) is 35.1 Å². The van der Waals surface area contributed by atoms with Crippen LogP contribution in [0.1, 0.15) is 30.5 Å². The predicted molar refractivity (Wildman–Crippen MR) is 158 cm³/mol. The summed E-state index contributed by atoms with van der Waals surface area (Å²) in [5.74, 6) is -0.924. The smallest absolute Gasteiger partial charge is 0.244 e. The van der Waals surface area contributed by atoms with Gasteiger partial charge >= 0.3 is 0 Å². The Hall–Kier alpha value is -3.07. The number of para-hydroxylation sites is 1. The third-order valence-corrected chi connectivity index (χ3v) is 8.17. The minimum Gasteiger partial charge on any atom is -0.355 e. The van der Waals surface area contributed by atoms with Gasteiger partial charge in [-0.25, -0.2) is 8.42 Å². The molecular weight excluding hydrogens is 557 g/mol. The highest BCUT2D eigenvalue weighted by atomic mass is 35.5. The van der Waals surface area contributed by atoms with E-state index in [1.807, 2.05) is 49.4 Å². The topological polar surface area (TPSA) is 86.8 Å². The first-order chi connectivity index (χ1) is 18.6. The van der Waals surface area contributed by atoms with E-state index in [1.165, 1.54) is 4.90 Å². The van der Waals surface area contributed by atoms with Gasteiger partial charge < -0.3 is 10.2 Å². The first-order valence-electron chi connectivity index (χ1n) is 12.7. The quantitative estimate of drug-likeness (QED) is 0.318. The summed E-state index contributed by atoms with van der Waals surface area (Å²) in [5.41, 5.74) is 2.51. The molecule has 2 amide bonds. The number of amides is 2. The van der Waals surface area contributed by atoms with Gasteiger partial charge in [-0.3, -0.25) is 13.9 Å². The molecule has 0 aromatic heterocycles. The summed E-state index contributed by atoms with van der Waals surface area (Å²) in [7, 11) is -3.85. The zero-order valence-corrected chi connectivity index (χ0v) is 24.6. The maximum Gasteiger partial charge on any atom is 0.244 e. The highest BCUT2D eigenvalue weighted by molar-refractivity contribution is 7.92. The molecule has 3 rings (SSSR count). The van der Waals surface area contributed by atoms with Crippen molar-refractivity contribution < 1.29 is 18.0 Å². The van der Waals surface area contributed by atoms with Gasteiger partial charge in [-0.05, 0) is 42.7 Å². The van der Waals surface area contributed by atoms with Crippen molar-refractivity contribution in [1.82, 2.24) is 10.2 Å². The molecule has 1 atom stereocenters. The van der Waals surface area contributed by atoms with Crippen LogP contribution < -0.4 is 9.62 Å². The normalized spacial score (nSPS) is 12.0. The SMILES string of the molecule is CCNC(=O)C(Cc1ccccc1)N(Cc1c(Cl)cccc1Cl)C(=O)CN(c1ccccc1CC)S(C)(=O)=O. The molecule has 208 valence electrons. The summed E-state index contributed by atoms with van der Waals surface area (Å²) in [6, 6.07) is 20.4. The molecular formula is C29H33Cl2N3O4S. The van der Waals surface area contributed by atoms with E-state index in [-0.39, 0.29) is 18.9 Å². The molecule has 0 saturated carbocycles. The maximum absolute atomic E-state index is 14.1. The van der Waals surface area contributed by atoms with Gasteiger partial charge in [0.25, 0.3) is 0 Å². The van der Waals surface area contributed by atoms with Crippen LogP contribution in [0.2, 0.25) is 10.0 Å². The van der Waals surface area contributed by atoms with Crippen molar-refractivity contribution in [2.75, 3.05) is 23.7 Å². The number of aryl methyl sites for hydroxylation is 1. The van der Waals surface area contributed by atoms with Crippen LogP contribution in [-0.2, 0) is 39.0 Å². The minimum absolute atomic E-state index is 0.0843. The van der Waals surface area contributed by atoms with E-state index in [2.05, 4.69) is 5.32 Å². The van der Waals surface area contributed by atoms with Gasteiger partial charge in [0.2, 0.25) is 21.8 Å². The zero-order chi connectivity index (χ0) is 28.6. The van der Waals surface area contributed by atoms with Gasteiger partial charge in [0.1, 0.15) is 12.6 Å². The van der Waals surface area contributed by atoms with Crippen LogP contribution in [0.15, 0.2) is 72.8 Å². The Morgan fingerprint density at radius 3 is 2.10 bits per heavy atom. The molecule has 0 saturated heterocycles. The number of carbonyl (C=O) groups is 2. The molecule has 7 nitrogen and oxygen atoms in total. The Morgan fingerprint density at radius 1 is 0.897 bits per heavy atom. The minimum atomic E-state index is -3.85. The van der Waals surface area contributed by atoms with Gasteiger partial charge in [0.15, 0.2) is 0 Å². The van der Waals surface area contributed by atoms with E-state index in [9.17, 15) is 18.0 Å². The van der Waals surface area contributed by atoms with Crippen molar-refractivity contribution >= 4 is 50.7 Å². The second kappa shape index (κ2) is 13.8. The largest absolute Gasteiger partial charge is 0.355 e. The fourth-order valence-corrected chi connectivity index (χ4v) is 5.74. The first-order valence-corrected chi connectivity index (χ1v) is 15.3. The number of sulfonamides is 1. The van der Waals surface area contributed by atoms with Crippen LogP contribution in [0.3, 0.4) is 0 Å². The monoisotopic (exact) mass is 589 g/mol. The second-order valence-electron chi connectivity index (χ2n) is 9.07. The van der Waals surface area contributed by atoms with E-state index in [4.69, 9.17) is 23.2 Å². The zero-order valence-electron chi connectivity index (χ0n) is 22.2. The summed E-state index contributed by atoms with van der Waals surface area (Å²) < 4.78 is 27.0. The molecule has 0 aliphatic rings. The highest BCUT2D eigenvalue weighted by Crippen LogP contribution is 2.28. The Balaban J connectivity index is 2.11. The number of rotatable bonds is 12. The molecule has 0 fully saturated rings. The molecule has 0 bridgehead atoms. The fourth-order valence-electron chi connectivity index (χ4n) is 4.35. The van der Waals surface area contributed by atoms with Crippen molar-refractivity contribution in [3.8, 4) is 0 Å². The second-order valence-corrected chi connectivity index (χ2v) is 11.8. The molecule has 0 spiro atoms. The molecule has 3 aromatic rings. The van der Waals surface area contributed by atoms with Crippen LogP contribution in [0, 0.1) is 0 Å². The van der Waals surface area contributed by atoms with Crippen molar-refractivity contribution in [3.05, 3.63) is 99.5 Å². The predicted octanol–water partition coefficient (Wildman–Crippen LogP) is 5.10. The Labute approximate surface area is 240 Å². The van der Waals surface area contributed by atoms with Crippen molar-refractivity contribution in [2.24, 2.45) is 0 Å². The van der Waals surface area contributed by atoms with E-state index >= 15 is 0 Å². The lowest BCUT2D eigenvalue weighted by Crippen LogP contribution is -2.53. The van der Waals surface area contributed by atoms with Crippen LogP contribution in [0.25, 0.3) is 0 Å². The first kappa shape index (κ1) is 30.5. The lowest BCUT2D eigenvalue weighted by molar-refractivity contribution is -0.140. The van der Waals surface area contributed by atoms with Crippen LogP contribution in [-0.4, -0.2) is 50.5 Å². The maximum atomic E-state index is 14.1. The van der Waals surface area contributed by atoms with Crippen molar-refractivity contribution in [3.63, 3.8) is 0 Å². The molecule has 10 heteroatoms. The van der Waals surface area contributed by atoms with Gasteiger partial charge in [-0.15, -0.1) is 0 Å². The molecule has 0 heterocycles. The number of hydrogen-bond donors (Lipinski definition) is 1. The van der Waals surface area contributed by atoms with E-state index < -0.39 is 28.5 Å². The molecule has 0 radical (unpaired) electrons. The van der Waals surface area contributed by atoms with E-state index in [1.54, 1.807) is 37.3 Å². The summed E-state index contributed by atoms with van der Waals surface area (Å²) >= 11 is 12.9. The van der Waals surface area contributed by atoms with Crippen molar-refractivity contribution in [1.29, 1.82) is 0 Å². The highest BCUT2D eigenvalue weighted by Gasteiger charge is 2.34. The third kappa shape index (κ3) is 7.97. The van der Waals surface area contributed by atoms with Crippen LogP contribution in [0.4, 0.5) is 5.69 Å². The molecule has 1 N–H and O–H groups in total. The Bertz CT molecular complexity index is 1380. The fraction of sp³-hybridized carbons (Fsp3) is 0.310. The Kier molecular flexibility index (Phi) is 10.8. The average molecular weight is 591 g/mol. The lowest BCUT2D eigenvalue weighted by Gasteiger charge is -2.34. The molecule has 1 unspecified atom stereocenters. The Morgan fingerprint density at radius 2 is 1.51 bits per heavy atom. The standard InChI is InChI=1S/C29H33Cl2N3O4S/c1-4-22-14-9-10-17-26(22)34(39(3,37)38)20-28(35)33(19-23-24(30)15-11-16-25(23)31)27(29(36)32-5-2)18-21-12-7-6-8-13-21/h6-17,27H,4-5,18-20H2,1-3H3,(H,32,36). The number of nitrogens with one attached hydrogen (secondary N) is 1. The van der Waals surface area contributed by atoms with E-state index in [0.717, 1.165) is 21.7 Å². The molecule has 0 aliphatic heterocycles. The number of benzene rings is 3. The van der Waals surface area contributed by atoms with Gasteiger partial charge in [-0.1, -0.05) is 84.7 Å².